The SMILES string of the molecule is CCn1cc(-c2cccc(CCOC(CCNCCN(CCc3ccc(OC(=O)OC(C)(C)C)c4c3OCC(=O)N4)C(=O)O)C3CCCCC3)c2)nn1. The highest BCUT2D eigenvalue weighted by molar-refractivity contribution is 5.98. The van der Waals surface area contributed by atoms with Gasteiger partial charge < -0.3 is 39.6 Å². The summed E-state index contributed by atoms with van der Waals surface area (Å²) < 4.78 is 24.7. The van der Waals surface area contributed by atoms with E-state index in [2.05, 4.69) is 45.2 Å². The van der Waals surface area contributed by atoms with Crippen LogP contribution in [0.4, 0.5) is 15.3 Å². The van der Waals surface area contributed by atoms with Crippen molar-refractivity contribution in [3.63, 3.8) is 0 Å². The first-order chi connectivity index (χ1) is 25.5. The molecule has 0 radical (unpaired) electrons. The van der Waals surface area contributed by atoms with Crippen molar-refractivity contribution in [1.82, 2.24) is 25.2 Å². The first-order valence-corrected chi connectivity index (χ1v) is 18.8. The van der Waals surface area contributed by atoms with E-state index < -0.39 is 23.8 Å². The summed E-state index contributed by atoms with van der Waals surface area (Å²) >= 11 is 0. The van der Waals surface area contributed by atoms with Crippen molar-refractivity contribution >= 4 is 23.8 Å². The van der Waals surface area contributed by atoms with Crippen molar-refractivity contribution in [2.75, 3.05) is 44.7 Å². The van der Waals surface area contributed by atoms with E-state index in [0.29, 0.717) is 43.3 Å². The highest BCUT2D eigenvalue weighted by Crippen LogP contribution is 2.40. The van der Waals surface area contributed by atoms with E-state index in [0.717, 1.165) is 37.2 Å². The van der Waals surface area contributed by atoms with Gasteiger partial charge in [-0.15, -0.1) is 5.10 Å². The van der Waals surface area contributed by atoms with Crippen molar-refractivity contribution in [1.29, 1.82) is 0 Å². The van der Waals surface area contributed by atoms with Gasteiger partial charge in [0.2, 0.25) is 0 Å². The van der Waals surface area contributed by atoms with Crippen LogP contribution in [0, 0.1) is 5.92 Å². The Hall–Kier alpha value is -4.69. The first-order valence-electron chi connectivity index (χ1n) is 18.8. The molecule has 3 N–H and O–H groups in total. The number of nitrogens with one attached hydrogen (secondary N) is 2. The van der Waals surface area contributed by atoms with Gasteiger partial charge in [-0.2, -0.15) is 0 Å². The van der Waals surface area contributed by atoms with Gasteiger partial charge in [-0.25, -0.2) is 9.59 Å². The Morgan fingerprint density at radius 1 is 1.11 bits per heavy atom. The summed E-state index contributed by atoms with van der Waals surface area (Å²) in [4.78, 5) is 38.0. The highest BCUT2D eigenvalue weighted by Gasteiger charge is 2.28. The van der Waals surface area contributed by atoms with E-state index in [1.165, 1.54) is 42.6 Å². The minimum Gasteiger partial charge on any atom is -0.481 e. The molecule has 14 nitrogen and oxygen atoms in total. The molecule has 1 unspecified atom stereocenters. The summed E-state index contributed by atoms with van der Waals surface area (Å²) in [6.07, 6.45) is 8.23. The number of aromatic nitrogens is 3. The molecule has 0 spiro atoms. The van der Waals surface area contributed by atoms with Gasteiger partial charge in [0, 0.05) is 31.7 Å². The monoisotopic (exact) mass is 734 g/mol. The minimum absolute atomic E-state index is 0.0869. The van der Waals surface area contributed by atoms with Crippen molar-refractivity contribution in [3.05, 3.63) is 53.7 Å². The van der Waals surface area contributed by atoms with Crippen LogP contribution in [0.15, 0.2) is 42.6 Å². The summed E-state index contributed by atoms with van der Waals surface area (Å²) in [6.45, 7) is 10.1. The number of aryl methyl sites for hydroxylation is 1. The summed E-state index contributed by atoms with van der Waals surface area (Å²) in [6, 6.07) is 11.6. The number of amides is 2. The van der Waals surface area contributed by atoms with E-state index in [-0.39, 0.29) is 30.7 Å². The number of hydrogen-bond donors (Lipinski definition) is 3. The predicted molar refractivity (Wildman–Crippen MR) is 199 cm³/mol. The predicted octanol–water partition coefficient (Wildman–Crippen LogP) is 6.32. The Bertz CT molecular complexity index is 1680. The fourth-order valence-electron chi connectivity index (χ4n) is 6.75. The van der Waals surface area contributed by atoms with Crippen molar-refractivity contribution < 1.29 is 38.4 Å². The summed E-state index contributed by atoms with van der Waals surface area (Å²) in [5.74, 6) is 0.563. The number of carbonyl (C=O) groups is 3. The Balaban J connectivity index is 1.10. The Labute approximate surface area is 311 Å². The van der Waals surface area contributed by atoms with Gasteiger partial charge >= 0.3 is 12.2 Å². The molecule has 2 heterocycles. The standard InChI is InChI=1S/C39H54N6O8/c1-5-45-25-31(42-43-45)30-13-9-10-27(24-30)18-23-50-32(28-11-7-6-8-12-28)16-19-40-20-22-44(37(47)48)21-17-29-14-15-33(52-38(49)53-39(2,3)4)35-36(29)51-26-34(46)41-35/h9-10,13-15,24-25,28,32,40H,5-8,11-12,16-23,26H2,1-4H3,(H,41,46)(H,47,48). The average Bonchev–Trinajstić information content (AvgIpc) is 3.62. The number of fused-ring (bicyclic) bond motifs is 1. The number of carbonyl (C=O) groups excluding carboxylic acids is 2. The number of rotatable bonds is 17. The van der Waals surface area contributed by atoms with E-state index in [1.807, 2.05) is 17.8 Å². The van der Waals surface area contributed by atoms with Crippen molar-refractivity contribution in [2.24, 2.45) is 5.92 Å². The Morgan fingerprint density at radius 2 is 1.92 bits per heavy atom. The molecule has 0 bridgehead atoms. The van der Waals surface area contributed by atoms with Crippen LogP contribution in [-0.4, -0.2) is 94.3 Å². The summed E-state index contributed by atoms with van der Waals surface area (Å²) in [7, 11) is 0. The molecule has 0 saturated heterocycles. The van der Waals surface area contributed by atoms with Crippen LogP contribution in [0.2, 0.25) is 0 Å². The second-order valence-corrected chi connectivity index (χ2v) is 14.6. The molecular weight excluding hydrogens is 680 g/mol. The van der Waals surface area contributed by atoms with Crippen LogP contribution in [-0.2, 0) is 33.7 Å². The van der Waals surface area contributed by atoms with Crippen LogP contribution >= 0.6 is 0 Å². The van der Waals surface area contributed by atoms with Gasteiger partial charge in [-0.1, -0.05) is 48.7 Å². The lowest BCUT2D eigenvalue weighted by molar-refractivity contribution is -0.118. The first kappa shape index (κ1) is 39.5. The van der Waals surface area contributed by atoms with E-state index >= 15 is 0 Å². The molecule has 1 saturated carbocycles. The maximum atomic E-state index is 12.3. The third-order valence-electron chi connectivity index (χ3n) is 9.47. The highest BCUT2D eigenvalue weighted by atomic mass is 16.7. The zero-order chi connectivity index (χ0) is 37.8. The Kier molecular flexibility index (Phi) is 14.1. The van der Waals surface area contributed by atoms with Crippen LogP contribution < -0.4 is 20.1 Å². The second kappa shape index (κ2) is 18.9. The molecule has 14 heteroatoms. The smallest absolute Gasteiger partial charge is 0.481 e. The van der Waals surface area contributed by atoms with Gasteiger partial charge in [0.15, 0.2) is 18.1 Å². The number of anilines is 1. The zero-order valence-electron chi connectivity index (χ0n) is 31.4. The topological polar surface area (TPSA) is 166 Å². The summed E-state index contributed by atoms with van der Waals surface area (Å²) in [5.41, 5.74) is 3.25. The molecule has 5 rings (SSSR count). The molecule has 3 aromatic rings. The molecular formula is C39H54N6O8. The van der Waals surface area contributed by atoms with Gasteiger partial charge in [0.1, 0.15) is 17.0 Å². The third kappa shape index (κ3) is 11.9. The molecule has 1 atom stereocenters. The normalized spacial score (nSPS) is 15.2. The molecule has 1 aliphatic carbocycles. The van der Waals surface area contributed by atoms with Crippen LogP contribution in [0.5, 0.6) is 11.5 Å². The number of benzene rings is 2. The molecule has 1 aliphatic heterocycles. The van der Waals surface area contributed by atoms with Gasteiger partial charge in [0.25, 0.3) is 5.91 Å². The molecule has 1 aromatic heterocycles. The molecule has 2 aromatic carbocycles. The lowest BCUT2D eigenvalue weighted by atomic mass is 9.84. The lowest BCUT2D eigenvalue weighted by Gasteiger charge is -2.30. The van der Waals surface area contributed by atoms with E-state index in [9.17, 15) is 19.5 Å². The van der Waals surface area contributed by atoms with E-state index in [4.69, 9.17) is 18.9 Å². The maximum absolute atomic E-state index is 12.3. The average molecular weight is 735 g/mol. The lowest BCUT2D eigenvalue weighted by Crippen LogP contribution is -2.38. The Morgan fingerprint density at radius 3 is 2.66 bits per heavy atom. The molecule has 2 amide bonds. The number of nitrogens with zero attached hydrogens (tertiary/aromatic N) is 4. The number of hydrogen-bond acceptors (Lipinski definition) is 10. The van der Waals surface area contributed by atoms with Crippen molar-refractivity contribution in [3.8, 4) is 22.8 Å². The van der Waals surface area contributed by atoms with E-state index in [1.54, 1.807) is 32.9 Å². The molecule has 2 aliphatic rings. The molecule has 1 fully saturated rings. The molecule has 53 heavy (non-hydrogen) atoms. The fourth-order valence-corrected chi connectivity index (χ4v) is 6.75. The van der Waals surface area contributed by atoms with Gasteiger partial charge in [-0.05, 0) is 95.5 Å². The van der Waals surface area contributed by atoms with Gasteiger partial charge in [-0.3, -0.25) is 9.48 Å². The van der Waals surface area contributed by atoms with Gasteiger partial charge in [0.05, 0.1) is 18.9 Å². The van der Waals surface area contributed by atoms with Crippen molar-refractivity contribution in [2.45, 2.75) is 97.3 Å². The maximum Gasteiger partial charge on any atom is 0.514 e. The van der Waals surface area contributed by atoms with Crippen LogP contribution in [0.3, 0.4) is 0 Å². The third-order valence-corrected chi connectivity index (χ3v) is 9.47. The minimum atomic E-state index is -1.03. The zero-order valence-corrected chi connectivity index (χ0v) is 31.4. The molecule has 288 valence electrons. The fraction of sp³-hybridized carbons (Fsp3) is 0.564. The summed E-state index contributed by atoms with van der Waals surface area (Å²) in [5, 5.41) is 24.6. The van der Waals surface area contributed by atoms with Crippen LogP contribution in [0.1, 0.15) is 77.3 Å². The number of ether oxygens (including phenoxy) is 4. The second-order valence-electron chi connectivity index (χ2n) is 14.6. The number of carboxylic acid groups (broad SMARTS) is 1. The largest absolute Gasteiger partial charge is 0.514 e. The van der Waals surface area contributed by atoms with Crippen LogP contribution in [0.25, 0.3) is 11.3 Å². The quantitative estimate of drug-likeness (QED) is 0.0807.